The van der Waals surface area contributed by atoms with Gasteiger partial charge in [-0.05, 0) is 77.2 Å². The third kappa shape index (κ3) is 6.48. The first-order chi connectivity index (χ1) is 26.4. The van der Waals surface area contributed by atoms with Crippen molar-refractivity contribution in [3.8, 4) is 23.3 Å². The number of nitrogens with zero attached hydrogens (tertiary/aromatic N) is 4. The Hall–Kier alpha value is -6.63. The summed E-state index contributed by atoms with van der Waals surface area (Å²) in [5.74, 6) is 2.48. The van der Waals surface area contributed by atoms with E-state index in [9.17, 15) is 9.59 Å². The van der Waals surface area contributed by atoms with Gasteiger partial charge in [0.05, 0.1) is 27.9 Å². The van der Waals surface area contributed by atoms with E-state index in [2.05, 4.69) is 6.07 Å². The number of amides is 2. The van der Waals surface area contributed by atoms with Crippen LogP contribution in [0.1, 0.15) is 33.6 Å². The minimum Gasteiger partial charge on any atom is -0.486 e. The summed E-state index contributed by atoms with van der Waals surface area (Å²) < 4.78 is 14.1. The summed E-state index contributed by atoms with van der Waals surface area (Å²) in [6, 6.07) is 51.8. The van der Waals surface area contributed by atoms with Gasteiger partial charge in [-0.25, -0.2) is 4.98 Å². The molecule has 54 heavy (non-hydrogen) atoms. The van der Waals surface area contributed by atoms with Crippen LogP contribution in [0.4, 0.5) is 4.79 Å². The highest BCUT2D eigenvalue weighted by molar-refractivity contribution is 8.15. The van der Waals surface area contributed by atoms with E-state index in [0.717, 1.165) is 50.9 Å². The molecular formula is C45H34N4O4S. The Morgan fingerprint density at radius 3 is 1.85 bits per heavy atom. The van der Waals surface area contributed by atoms with Crippen LogP contribution in [-0.4, -0.2) is 30.8 Å². The molecule has 0 N–H and O–H groups in total. The highest BCUT2D eigenvalue weighted by atomic mass is 32.2. The van der Waals surface area contributed by atoms with Crippen molar-refractivity contribution in [2.45, 2.75) is 23.8 Å². The highest BCUT2D eigenvalue weighted by Gasteiger charge is 2.53. The fraction of sp³-hybridized carbons (Fsp3) is 0.111. The number of carbonyl (C=O) groups excluding carboxylic acids is 2. The van der Waals surface area contributed by atoms with Gasteiger partial charge >= 0.3 is 0 Å². The summed E-state index contributed by atoms with van der Waals surface area (Å²) in [6.07, 6.45) is 0.387. The van der Waals surface area contributed by atoms with Gasteiger partial charge in [-0.2, -0.15) is 5.26 Å². The first-order valence-electron chi connectivity index (χ1n) is 17.5. The molecule has 0 spiro atoms. The number of fused-ring (bicyclic) bond motifs is 1. The third-order valence-corrected chi connectivity index (χ3v) is 10.7. The van der Waals surface area contributed by atoms with Crippen molar-refractivity contribution in [3.05, 3.63) is 191 Å². The second-order valence-corrected chi connectivity index (χ2v) is 14.1. The van der Waals surface area contributed by atoms with Gasteiger partial charge in [0.2, 0.25) is 5.91 Å². The summed E-state index contributed by atoms with van der Waals surface area (Å²) in [7, 11) is 1.94. The Labute approximate surface area is 317 Å². The number of nitriles is 1. The van der Waals surface area contributed by atoms with Gasteiger partial charge in [-0.15, -0.1) is 0 Å². The van der Waals surface area contributed by atoms with Crippen LogP contribution in [0.15, 0.2) is 158 Å². The van der Waals surface area contributed by atoms with Crippen molar-refractivity contribution in [1.29, 1.82) is 5.26 Å². The number of ether oxygens (including phenoxy) is 2. The molecule has 6 aromatic carbocycles. The van der Waals surface area contributed by atoms with Gasteiger partial charge in [-0.1, -0.05) is 115 Å². The predicted octanol–water partition coefficient (Wildman–Crippen LogP) is 9.41. The Bertz CT molecular complexity index is 2380. The largest absolute Gasteiger partial charge is 0.486 e. The van der Waals surface area contributed by atoms with Crippen molar-refractivity contribution in [2.24, 2.45) is 7.05 Å². The van der Waals surface area contributed by atoms with Gasteiger partial charge in [0.1, 0.15) is 35.2 Å². The number of hydrogen-bond donors (Lipinski definition) is 0. The molecule has 8 nitrogen and oxygen atoms in total. The fourth-order valence-corrected chi connectivity index (χ4v) is 8.10. The van der Waals surface area contributed by atoms with Gasteiger partial charge in [-0.3, -0.25) is 14.5 Å². The number of hydrogen-bond acceptors (Lipinski definition) is 7. The molecule has 1 aromatic heterocycles. The van der Waals surface area contributed by atoms with E-state index in [1.165, 1.54) is 4.90 Å². The van der Waals surface area contributed by atoms with E-state index in [1.807, 2.05) is 145 Å². The molecule has 0 bridgehead atoms. The van der Waals surface area contributed by atoms with Crippen LogP contribution in [0.5, 0.6) is 17.2 Å². The summed E-state index contributed by atoms with van der Waals surface area (Å²) in [4.78, 5) is 34.8. The average Bonchev–Trinajstić information content (AvgIpc) is 3.69. The van der Waals surface area contributed by atoms with Crippen LogP contribution in [0.3, 0.4) is 0 Å². The molecule has 264 valence electrons. The van der Waals surface area contributed by atoms with Crippen LogP contribution in [0.25, 0.3) is 11.0 Å². The minimum atomic E-state index is -1.15. The lowest BCUT2D eigenvalue weighted by atomic mass is 9.75. The molecule has 7 aromatic rings. The molecule has 1 fully saturated rings. The Morgan fingerprint density at radius 1 is 0.722 bits per heavy atom. The molecule has 9 heteroatoms. The van der Waals surface area contributed by atoms with Crippen molar-refractivity contribution < 1.29 is 19.1 Å². The SMILES string of the molecule is Cn1c(COc2ccc(CC3SC(=O)N(C(c4ccccc4)(c4ccccc4)c4ccccc4)C3=O)cc2)nc2ccc(Oc3ccc(C#N)cc3)cc21. The fourth-order valence-electron chi connectivity index (χ4n) is 7.04. The molecule has 0 radical (unpaired) electrons. The number of benzene rings is 6. The van der Waals surface area contributed by atoms with Gasteiger partial charge in [0.15, 0.2) is 0 Å². The lowest BCUT2D eigenvalue weighted by Crippen LogP contribution is -2.51. The number of thioether (sulfide) groups is 1. The third-order valence-electron chi connectivity index (χ3n) is 9.71. The maximum atomic E-state index is 14.5. The standard InChI is InChI=1S/C45H34N4O4S/c1-48-40-28-38(53-37-23-19-32(29-46)20-24-37)25-26-39(40)47-42(48)30-52-36-21-17-31(18-22-36)27-41-43(50)49(44(51)54-41)45(33-11-5-2-6-12-33,34-13-7-3-8-14-34)35-15-9-4-10-16-35/h2-26,28,41H,27,30H2,1H3. The summed E-state index contributed by atoms with van der Waals surface area (Å²) >= 11 is 1.08. The van der Waals surface area contributed by atoms with Crippen LogP contribution >= 0.6 is 11.8 Å². The zero-order valence-electron chi connectivity index (χ0n) is 29.3. The van der Waals surface area contributed by atoms with E-state index < -0.39 is 10.8 Å². The highest BCUT2D eigenvalue weighted by Crippen LogP contribution is 2.48. The summed E-state index contributed by atoms with van der Waals surface area (Å²) in [6.45, 7) is 0.247. The van der Waals surface area contributed by atoms with E-state index in [4.69, 9.17) is 19.7 Å². The van der Waals surface area contributed by atoms with Crippen LogP contribution in [-0.2, 0) is 30.4 Å². The van der Waals surface area contributed by atoms with Crippen LogP contribution in [0.2, 0.25) is 0 Å². The van der Waals surface area contributed by atoms with Crippen LogP contribution in [0, 0.1) is 11.3 Å². The first-order valence-corrected chi connectivity index (χ1v) is 18.4. The maximum absolute atomic E-state index is 14.5. The molecule has 2 amide bonds. The maximum Gasteiger partial charge on any atom is 0.290 e. The number of imide groups is 1. The van der Waals surface area contributed by atoms with E-state index >= 15 is 0 Å². The van der Waals surface area contributed by atoms with Crippen molar-refractivity contribution in [2.75, 3.05) is 0 Å². The van der Waals surface area contributed by atoms with Crippen molar-refractivity contribution in [1.82, 2.24) is 14.5 Å². The molecular weight excluding hydrogens is 693 g/mol. The summed E-state index contributed by atoms with van der Waals surface area (Å²) in [5.41, 5.74) is 4.57. The number of rotatable bonds is 11. The Morgan fingerprint density at radius 2 is 1.28 bits per heavy atom. The Balaban J connectivity index is 0.983. The molecule has 8 rings (SSSR count). The van der Waals surface area contributed by atoms with E-state index in [-0.39, 0.29) is 17.8 Å². The van der Waals surface area contributed by atoms with Gasteiger partial charge < -0.3 is 14.0 Å². The van der Waals surface area contributed by atoms with Crippen molar-refractivity contribution >= 4 is 33.9 Å². The average molecular weight is 727 g/mol. The molecule has 1 aliphatic heterocycles. The zero-order valence-corrected chi connectivity index (χ0v) is 30.1. The minimum absolute atomic E-state index is 0.228. The van der Waals surface area contributed by atoms with Crippen molar-refractivity contribution in [3.63, 3.8) is 0 Å². The second kappa shape index (κ2) is 14.8. The molecule has 1 unspecified atom stereocenters. The monoisotopic (exact) mass is 726 g/mol. The number of carbonyl (C=O) groups is 2. The van der Waals surface area contributed by atoms with Gasteiger partial charge in [0.25, 0.3) is 5.24 Å². The molecule has 2 heterocycles. The number of imidazole rings is 1. The van der Waals surface area contributed by atoms with E-state index in [0.29, 0.717) is 29.2 Å². The van der Waals surface area contributed by atoms with E-state index in [1.54, 1.807) is 24.3 Å². The molecule has 0 aliphatic carbocycles. The normalized spacial score (nSPS) is 14.3. The quantitative estimate of drug-likeness (QED) is 0.123. The summed E-state index contributed by atoms with van der Waals surface area (Å²) in [5, 5.41) is 8.18. The van der Waals surface area contributed by atoms with Crippen LogP contribution < -0.4 is 9.47 Å². The number of aromatic nitrogens is 2. The number of aryl methyl sites for hydroxylation is 1. The molecule has 1 atom stereocenters. The smallest absolute Gasteiger partial charge is 0.290 e. The lowest BCUT2D eigenvalue weighted by Gasteiger charge is -2.42. The van der Waals surface area contributed by atoms with Gasteiger partial charge in [0, 0.05) is 13.1 Å². The topological polar surface area (TPSA) is 97.5 Å². The first kappa shape index (κ1) is 34.5. The second-order valence-electron chi connectivity index (χ2n) is 13.0. The predicted molar refractivity (Wildman–Crippen MR) is 209 cm³/mol. The molecule has 1 aliphatic rings. The lowest BCUT2D eigenvalue weighted by molar-refractivity contribution is -0.129. The zero-order chi connectivity index (χ0) is 37.1. The Kier molecular flexibility index (Phi) is 9.43. The molecule has 1 saturated heterocycles. The molecule has 0 saturated carbocycles.